The van der Waals surface area contributed by atoms with Crippen molar-refractivity contribution < 1.29 is 44.8 Å². The molecule has 4 heteroatoms. The monoisotopic (exact) mass is 1100 g/mol. The second-order valence-corrected chi connectivity index (χ2v) is 22.2. The fourth-order valence-corrected chi connectivity index (χ4v) is 17.1. The fourth-order valence-electron chi connectivity index (χ4n) is 9.41. The average Bonchev–Trinajstić information content (AvgIpc) is 3.41. The zero-order valence-electron chi connectivity index (χ0n) is 37.6. The normalized spacial score (nSPS) is 10.7. The smallest absolute Gasteiger partial charge is 0.366 e. The van der Waals surface area contributed by atoms with Gasteiger partial charge >= 0.3 is 44.8 Å². The van der Waals surface area contributed by atoms with Crippen LogP contribution in [0.4, 0.5) is 0 Å². The number of rotatable bonds is 6. The Balaban J connectivity index is 0.000000140. The van der Waals surface area contributed by atoms with E-state index in [9.17, 15) is 0 Å². The van der Waals surface area contributed by atoms with E-state index in [1.54, 1.807) is 0 Å². The summed E-state index contributed by atoms with van der Waals surface area (Å²) >= 11 is 0. The van der Waals surface area contributed by atoms with Crippen molar-refractivity contribution in [2.24, 2.45) is 0 Å². The van der Waals surface area contributed by atoms with Gasteiger partial charge in [-0.1, -0.05) is 205 Å². The maximum absolute atomic E-state index is 7.41. The Morgan fingerprint density at radius 1 is 0.246 bits per heavy atom. The summed E-state index contributed by atoms with van der Waals surface area (Å²) in [5.41, 5.74) is 1.69. The standard InChI is InChI=1S/C25H22P2.2C20H11.2Ag/c1-5-13-22(14-6-1)26(23-15-7-2-8-16-23)21-27(24-17-9-3-10-18-24)25-19-11-4-12-20-25;2*1-2-14-7-5-9-18-17(14)12-13-19-16-8-4-3-6-15(16)10-11-20(18)19;;/h1-20H,21H2;2*3-13H;;/q;2*-1;2*+1/p+2. The van der Waals surface area contributed by atoms with Crippen LogP contribution in [0.25, 0.3) is 64.6 Å². The Labute approximate surface area is 439 Å². The van der Waals surface area contributed by atoms with Crippen LogP contribution in [-0.2, 0) is 44.8 Å². The average molecular weight is 1100 g/mol. The van der Waals surface area contributed by atoms with Gasteiger partial charge < -0.3 is 12.8 Å². The van der Waals surface area contributed by atoms with Crippen molar-refractivity contribution in [3.8, 4) is 11.8 Å². The number of benzene rings is 12. The predicted octanol–water partition coefficient (Wildman–Crippen LogP) is 14.8. The first-order valence-corrected chi connectivity index (χ1v) is 26.0. The van der Waals surface area contributed by atoms with Crippen LogP contribution >= 0.6 is 15.8 Å². The third-order valence-corrected chi connectivity index (χ3v) is 19.6. The summed E-state index contributed by atoms with van der Waals surface area (Å²) in [7, 11) is -1.69. The molecule has 12 aromatic rings. The zero-order valence-corrected chi connectivity index (χ0v) is 42.5. The van der Waals surface area contributed by atoms with Crippen molar-refractivity contribution in [3.05, 3.63) is 279 Å². The van der Waals surface area contributed by atoms with Crippen molar-refractivity contribution in [1.29, 1.82) is 0 Å². The molecule has 0 N–H and O–H groups in total. The van der Waals surface area contributed by atoms with E-state index in [1.807, 2.05) is 24.3 Å². The topological polar surface area (TPSA) is 0 Å². The van der Waals surface area contributed by atoms with Crippen molar-refractivity contribution in [2.75, 3.05) is 5.90 Å². The first kappa shape index (κ1) is 49.1. The molecule has 12 aromatic carbocycles. The van der Waals surface area contributed by atoms with Gasteiger partial charge in [-0.3, -0.25) is 11.8 Å². The molecular weight excluding hydrogens is 1060 g/mol. The minimum absolute atomic E-state index is 0. The molecule has 0 fully saturated rings. The Morgan fingerprint density at radius 3 is 0.855 bits per heavy atom. The molecule has 0 bridgehead atoms. The molecule has 0 aliphatic rings. The van der Waals surface area contributed by atoms with E-state index in [1.165, 1.54) is 81.0 Å². The van der Waals surface area contributed by atoms with Gasteiger partial charge in [0.1, 0.15) is 37.1 Å². The minimum Gasteiger partial charge on any atom is -0.366 e. The SMILES string of the molecule is [Ag+].[Ag+].[C-]#Cc1cccc2c1ccc1c3ccccc3ccc21.[C-]#Cc1cccc2c1ccc1c3ccccc3ccc21.c1ccc([PH+](C[PH+](c2ccccc2)c2ccccc2)c2ccccc2)cc1. The molecule has 0 aromatic heterocycles. The first-order valence-electron chi connectivity index (χ1n) is 22.6. The molecule has 0 atom stereocenters. The van der Waals surface area contributed by atoms with Gasteiger partial charge in [0.05, 0.1) is 0 Å². The van der Waals surface area contributed by atoms with E-state index in [0.29, 0.717) is 0 Å². The van der Waals surface area contributed by atoms with Crippen molar-refractivity contribution in [1.82, 2.24) is 0 Å². The molecule has 336 valence electrons. The number of hydrogen-bond acceptors (Lipinski definition) is 0. The summed E-state index contributed by atoms with van der Waals surface area (Å²) in [6, 6.07) is 90.6. The molecule has 0 nitrogen and oxygen atoms in total. The van der Waals surface area contributed by atoms with Gasteiger partial charge in [0, 0.05) is 0 Å². The van der Waals surface area contributed by atoms with Gasteiger partial charge in [-0.05, 0) is 102 Å². The predicted molar refractivity (Wildman–Crippen MR) is 296 cm³/mol. The van der Waals surface area contributed by atoms with Crippen LogP contribution in [0.5, 0.6) is 0 Å². The molecule has 0 saturated carbocycles. The molecule has 0 aliphatic carbocycles. The van der Waals surface area contributed by atoms with Crippen LogP contribution in [0, 0.1) is 24.7 Å². The van der Waals surface area contributed by atoms with Crippen molar-refractivity contribution >= 4 is 102 Å². The Kier molecular flexibility index (Phi) is 16.6. The molecule has 0 amide bonds. The van der Waals surface area contributed by atoms with E-state index in [0.717, 1.165) is 21.9 Å². The number of fused-ring (bicyclic) bond motifs is 10. The van der Waals surface area contributed by atoms with E-state index in [2.05, 4.69) is 242 Å². The molecule has 0 saturated heterocycles. The van der Waals surface area contributed by atoms with Gasteiger partial charge in [0.25, 0.3) is 0 Å². The van der Waals surface area contributed by atoms with Crippen LogP contribution < -0.4 is 21.2 Å². The molecule has 0 spiro atoms. The van der Waals surface area contributed by atoms with E-state index in [-0.39, 0.29) is 44.8 Å². The molecule has 0 unspecified atom stereocenters. The summed E-state index contributed by atoms with van der Waals surface area (Å²) in [4.78, 5) is 0. The van der Waals surface area contributed by atoms with Gasteiger partial charge in [0.2, 0.25) is 0 Å². The summed E-state index contributed by atoms with van der Waals surface area (Å²) < 4.78 is 0. The summed E-state index contributed by atoms with van der Waals surface area (Å²) in [5, 5.41) is 20.6. The number of hydrogen-bond donors (Lipinski definition) is 0. The van der Waals surface area contributed by atoms with Gasteiger partial charge in [-0.15, -0.1) is 23.3 Å². The quantitative estimate of drug-likeness (QED) is 0.0512. The third-order valence-electron chi connectivity index (χ3n) is 12.7. The van der Waals surface area contributed by atoms with E-state index in [4.69, 9.17) is 12.8 Å². The summed E-state index contributed by atoms with van der Waals surface area (Å²) in [6.45, 7) is 0. The molecular formula is C65H46Ag2P2+2. The third kappa shape index (κ3) is 10.6. The van der Waals surface area contributed by atoms with Crippen LogP contribution in [0.3, 0.4) is 0 Å². The van der Waals surface area contributed by atoms with E-state index < -0.39 is 15.8 Å². The second kappa shape index (κ2) is 23.3. The van der Waals surface area contributed by atoms with Gasteiger partial charge in [-0.2, -0.15) is 0 Å². The molecule has 12 rings (SSSR count). The Bertz CT molecular complexity index is 3420. The van der Waals surface area contributed by atoms with Crippen LogP contribution in [0.1, 0.15) is 11.1 Å². The van der Waals surface area contributed by atoms with Crippen molar-refractivity contribution in [3.63, 3.8) is 0 Å². The van der Waals surface area contributed by atoms with E-state index >= 15 is 0 Å². The zero-order chi connectivity index (χ0) is 45.4. The molecule has 0 aliphatic heterocycles. The Morgan fingerprint density at radius 2 is 0.507 bits per heavy atom. The largest absolute Gasteiger partial charge is 1.00 e. The second-order valence-electron chi connectivity index (χ2n) is 16.5. The van der Waals surface area contributed by atoms with Gasteiger partial charge in [-0.25, -0.2) is 0 Å². The first-order chi connectivity index (χ1) is 33.2. The minimum atomic E-state index is -0.847. The van der Waals surface area contributed by atoms with Crippen LogP contribution in [0.15, 0.2) is 255 Å². The van der Waals surface area contributed by atoms with Crippen LogP contribution in [-0.4, -0.2) is 5.90 Å². The molecule has 69 heavy (non-hydrogen) atoms. The summed E-state index contributed by atoms with van der Waals surface area (Å²) in [6.07, 6.45) is 14.8. The van der Waals surface area contributed by atoms with Crippen molar-refractivity contribution in [2.45, 2.75) is 0 Å². The maximum atomic E-state index is 7.41. The summed E-state index contributed by atoms with van der Waals surface area (Å²) in [5.74, 6) is 6.29. The molecule has 0 heterocycles. The maximum Gasteiger partial charge on any atom is 1.00 e. The molecule has 0 radical (unpaired) electrons. The Hall–Kier alpha value is -6.34. The van der Waals surface area contributed by atoms with Gasteiger partial charge in [0.15, 0.2) is 5.90 Å². The fraction of sp³-hybridized carbons (Fsp3) is 0.0154. The van der Waals surface area contributed by atoms with Crippen LogP contribution in [0.2, 0.25) is 0 Å².